The first-order valence-corrected chi connectivity index (χ1v) is 15.0. The molecule has 0 bridgehead atoms. The van der Waals surface area contributed by atoms with E-state index in [1.165, 1.54) is 12.1 Å². The topological polar surface area (TPSA) is 150 Å². The number of nitrogens with one attached hydrogen (secondary N) is 4. The van der Waals surface area contributed by atoms with Crippen molar-refractivity contribution in [2.24, 2.45) is 0 Å². The summed E-state index contributed by atoms with van der Waals surface area (Å²) in [5, 5.41) is 17.1. The third kappa shape index (κ3) is 6.53. The third-order valence-electron chi connectivity index (χ3n) is 7.21. The number of aryl methyl sites for hydroxylation is 1. The van der Waals surface area contributed by atoms with Gasteiger partial charge in [0.05, 0.1) is 16.9 Å². The van der Waals surface area contributed by atoms with Crippen LogP contribution in [0, 0.1) is 5.41 Å². The van der Waals surface area contributed by atoms with Crippen molar-refractivity contribution < 1.29 is 35.9 Å². The Hall–Kier alpha value is -3.94. The summed E-state index contributed by atoms with van der Waals surface area (Å²) in [6.07, 6.45) is 1.13. The molecule has 1 saturated carbocycles. The summed E-state index contributed by atoms with van der Waals surface area (Å²) in [4.78, 5) is 30.4. The molecule has 2 amide bonds. The van der Waals surface area contributed by atoms with Gasteiger partial charge in [0, 0.05) is 19.0 Å². The van der Waals surface area contributed by atoms with Gasteiger partial charge in [0.2, 0.25) is 5.91 Å². The Morgan fingerprint density at radius 2 is 2.00 bits per heavy atom. The molecule has 218 valence electrons. The lowest BCUT2D eigenvalue weighted by atomic mass is 9.89. The molecule has 4 N–H and O–H groups in total. The van der Waals surface area contributed by atoms with Crippen LogP contribution in [0.15, 0.2) is 47.9 Å². The smallest absolute Gasteiger partial charge is 0.422 e. The SMILES string of the molecule is CS(=O)(=O)CC(=O)N/C(C(=N)c1ccc(C2CC2)cn1)=C1/NC[C@@]2(CCc3cc(OCC(F)(F)F)ccc32)NC1=O. The molecule has 2 heterocycles. The molecule has 41 heavy (non-hydrogen) atoms. The standard InChI is InChI=1S/C27H28F3N5O5S/c1-41(38,39)12-21(36)34-23(22(31)20-7-4-17(11-32-20)15-2-3-15)24-25(37)35-26(13-33-24)9-8-16-10-18(5-6-19(16)26)40-14-27(28,29)30/h4-7,10-11,15,31,33H,2-3,8-9,12-14H2,1H3,(H,34,36)(H,35,37)/b24-23+,31-22?/t26-/m1/s1. The lowest BCUT2D eigenvalue weighted by molar-refractivity contribution is -0.153. The van der Waals surface area contributed by atoms with Gasteiger partial charge in [-0.25, -0.2) is 8.42 Å². The molecule has 1 spiro atoms. The van der Waals surface area contributed by atoms with Crippen LogP contribution < -0.4 is 20.7 Å². The summed E-state index contributed by atoms with van der Waals surface area (Å²) >= 11 is 0. The van der Waals surface area contributed by atoms with Crippen LogP contribution in [-0.4, -0.2) is 62.3 Å². The summed E-state index contributed by atoms with van der Waals surface area (Å²) in [6, 6.07) is 8.01. The van der Waals surface area contributed by atoms with Gasteiger partial charge in [0.15, 0.2) is 16.4 Å². The monoisotopic (exact) mass is 591 g/mol. The largest absolute Gasteiger partial charge is 0.484 e. The van der Waals surface area contributed by atoms with Crippen LogP contribution >= 0.6 is 0 Å². The molecule has 14 heteroatoms. The Labute approximate surface area is 234 Å². The number of piperazine rings is 1. The molecule has 5 rings (SSSR count). The minimum atomic E-state index is -4.47. The number of carbonyl (C=O) groups is 2. The molecule has 1 aliphatic heterocycles. The molecular weight excluding hydrogens is 563 g/mol. The maximum Gasteiger partial charge on any atom is 0.422 e. The van der Waals surface area contributed by atoms with Crippen molar-refractivity contribution in [3.05, 3.63) is 70.3 Å². The third-order valence-corrected chi connectivity index (χ3v) is 8.00. The number of allylic oxidation sites excluding steroid dienone is 1. The minimum absolute atomic E-state index is 0.0679. The normalized spacial score (nSPS) is 21.5. The number of ether oxygens (including phenoxy) is 1. The lowest BCUT2D eigenvalue weighted by Gasteiger charge is -2.38. The highest BCUT2D eigenvalue weighted by Gasteiger charge is 2.44. The molecule has 1 aromatic carbocycles. The molecule has 0 unspecified atom stereocenters. The predicted molar refractivity (Wildman–Crippen MR) is 142 cm³/mol. The molecule has 10 nitrogen and oxygen atoms in total. The summed E-state index contributed by atoms with van der Waals surface area (Å²) in [6.45, 7) is -1.27. The zero-order valence-electron chi connectivity index (χ0n) is 22.0. The van der Waals surface area contributed by atoms with E-state index in [0.717, 1.165) is 30.2 Å². The highest BCUT2D eigenvalue weighted by molar-refractivity contribution is 7.91. The quantitative estimate of drug-likeness (QED) is 0.272. The van der Waals surface area contributed by atoms with Gasteiger partial charge in [0.1, 0.15) is 22.9 Å². The fraction of sp³-hybridized carbons (Fsp3) is 0.407. The Bertz CT molecular complexity index is 1550. The number of fused-ring (bicyclic) bond motifs is 2. The summed E-state index contributed by atoms with van der Waals surface area (Å²) in [7, 11) is -3.69. The fourth-order valence-corrected chi connectivity index (χ4v) is 5.69. The van der Waals surface area contributed by atoms with Gasteiger partial charge in [-0.1, -0.05) is 12.1 Å². The molecule has 2 aliphatic carbocycles. The van der Waals surface area contributed by atoms with Crippen LogP contribution in [0.25, 0.3) is 0 Å². The van der Waals surface area contributed by atoms with Gasteiger partial charge in [-0.3, -0.25) is 20.0 Å². The van der Waals surface area contributed by atoms with Gasteiger partial charge in [0.25, 0.3) is 5.91 Å². The number of pyridine rings is 1. The number of nitrogens with zero attached hydrogens (tertiary/aromatic N) is 1. The average molecular weight is 592 g/mol. The van der Waals surface area contributed by atoms with Crippen LogP contribution in [0.3, 0.4) is 0 Å². The van der Waals surface area contributed by atoms with Gasteiger partial charge in [-0.15, -0.1) is 0 Å². The van der Waals surface area contributed by atoms with E-state index in [9.17, 15) is 31.2 Å². The summed E-state index contributed by atoms with van der Waals surface area (Å²) in [5.41, 5.74) is 1.15. The Morgan fingerprint density at radius 3 is 2.61 bits per heavy atom. The second-order valence-electron chi connectivity index (χ2n) is 10.6. The van der Waals surface area contributed by atoms with Crippen molar-refractivity contribution in [1.29, 1.82) is 5.41 Å². The first-order valence-electron chi connectivity index (χ1n) is 12.9. The van der Waals surface area contributed by atoms with E-state index in [4.69, 9.17) is 10.1 Å². The molecule has 2 aromatic rings. The zero-order chi connectivity index (χ0) is 29.6. The van der Waals surface area contributed by atoms with Crippen molar-refractivity contribution in [1.82, 2.24) is 20.9 Å². The van der Waals surface area contributed by atoms with Crippen LogP contribution in [0.4, 0.5) is 13.2 Å². The zero-order valence-corrected chi connectivity index (χ0v) is 22.8. The average Bonchev–Trinajstić information content (AvgIpc) is 3.69. The number of benzene rings is 1. The van der Waals surface area contributed by atoms with Crippen molar-refractivity contribution in [2.75, 3.05) is 25.2 Å². The number of rotatable bonds is 8. The van der Waals surface area contributed by atoms with Crippen LogP contribution in [0.5, 0.6) is 5.75 Å². The number of hydrogen-bond acceptors (Lipinski definition) is 8. The number of aromatic nitrogens is 1. The van der Waals surface area contributed by atoms with Crippen molar-refractivity contribution in [3.63, 3.8) is 0 Å². The molecule has 3 aliphatic rings. The van der Waals surface area contributed by atoms with Crippen LogP contribution in [0.1, 0.15) is 47.6 Å². The molecule has 0 radical (unpaired) electrons. The molecule has 2 fully saturated rings. The van der Waals surface area contributed by atoms with E-state index in [0.29, 0.717) is 24.3 Å². The van der Waals surface area contributed by atoms with Gasteiger partial charge >= 0.3 is 6.18 Å². The number of alkyl halides is 3. The van der Waals surface area contributed by atoms with Crippen LogP contribution in [0.2, 0.25) is 0 Å². The number of halogens is 3. The highest BCUT2D eigenvalue weighted by atomic mass is 32.2. The second-order valence-corrected chi connectivity index (χ2v) is 12.7. The second kappa shape index (κ2) is 10.5. The van der Waals surface area contributed by atoms with Crippen molar-refractivity contribution in [3.8, 4) is 5.75 Å². The summed E-state index contributed by atoms with van der Waals surface area (Å²) in [5.74, 6) is -1.90. The highest BCUT2D eigenvalue weighted by Crippen LogP contribution is 2.41. The lowest BCUT2D eigenvalue weighted by Crippen LogP contribution is -2.58. The van der Waals surface area contributed by atoms with Gasteiger partial charge < -0.3 is 20.7 Å². The van der Waals surface area contributed by atoms with E-state index in [2.05, 4.69) is 20.9 Å². The van der Waals surface area contributed by atoms with Gasteiger partial charge in [-0.05, 0) is 66.5 Å². The minimum Gasteiger partial charge on any atom is -0.484 e. The number of sulfone groups is 1. The van der Waals surface area contributed by atoms with E-state index in [1.54, 1.807) is 18.3 Å². The Balaban J connectivity index is 1.41. The van der Waals surface area contributed by atoms with Crippen molar-refractivity contribution in [2.45, 2.75) is 43.3 Å². The molecule has 1 saturated heterocycles. The molecule has 1 aromatic heterocycles. The van der Waals surface area contributed by atoms with Crippen LogP contribution in [-0.2, 0) is 31.4 Å². The predicted octanol–water partition coefficient (Wildman–Crippen LogP) is 2.20. The summed E-state index contributed by atoms with van der Waals surface area (Å²) < 4.78 is 66.0. The number of hydrogen-bond donors (Lipinski definition) is 4. The first kappa shape index (κ1) is 28.6. The maximum absolute atomic E-state index is 13.5. The Morgan fingerprint density at radius 1 is 1.24 bits per heavy atom. The fourth-order valence-electron chi connectivity index (χ4n) is 5.14. The molecule has 1 atom stereocenters. The number of carbonyl (C=O) groups excluding carboxylic acids is 2. The van der Waals surface area contributed by atoms with E-state index >= 15 is 0 Å². The van der Waals surface area contributed by atoms with E-state index < -0.39 is 45.7 Å². The van der Waals surface area contributed by atoms with Gasteiger partial charge in [-0.2, -0.15) is 13.2 Å². The molecular formula is C27H28F3N5O5S. The Kier molecular flexibility index (Phi) is 7.30. The van der Waals surface area contributed by atoms with E-state index in [1.807, 2.05) is 6.07 Å². The van der Waals surface area contributed by atoms with E-state index in [-0.39, 0.29) is 35.1 Å². The first-order chi connectivity index (χ1) is 19.2. The maximum atomic E-state index is 13.5. The van der Waals surface area contributed by atoms with Crippen molar-refractivity contribution >= 4 is 27.4 Å². The number of amides is 2.